The Morgan fingerprint density at radius 3 is 1.81 bits per heavy atom. The zero-order valence-electron chi connectivity index (χ0n) is 17.4. The van der Waals surface area contributed by atoms with Gasteiger partial charge >= 0.3 is 0 Å². The van der Waals surface area contributed by atoms with Crippen LogP contribution in [0.25, 0.3) is 27.5 Å². The van der Waals surface area contributed by atoms with Crippen molar-refractivity contribution in [2.75, 3.05) is 0 Å². The van der Waals surface area contributed by atoms with Crippen molar-refractivity contribution in [1.82, 2.24) is 4.57 Å². The summed E-state index contributed by atoms with van der Waals surface area (Å²) in [7, 11) is 0. The highest BCUT2D eigenvalue weighted by molar-refractivity contribution is 6.11. The molecular formula is C28H23N3. The molecule has 0 radical (unpaired) electrons. The number of para-hydroxylation sites is 2. The molecule has 0 aliphatic heterocycles. The number of nitrogens with zero attached hydrogens (tertiary/aromatic N) is 2. The van der Waals surface area contributed by atoms with Crippen molar-refractivity contribution in [3.05, 3.63) is 114 Å². The molecule has 0 atom stereocenters. The first-order valence-electron chi connectivity index (χ1n) is 10.6. The lowest BCUT2D eigenvalue weighted by atomic mass is 10.1. The first kappa shape index (κ1) is 19.0. The molecule has 0 spiro atoms. The van der Waals surface area contributed by atoms with Gasteiger partial charge in [0.1, 0.15) is 0 Å². The summed E-state index contributed by atoms with van der Waals surface area (Å²) in [5, 5.41) is 11.0. The van der Waals surface area contributed by atoms with Crippen molar-refractivity contribution in [2.45, 2.75) is 13.3 Å². The molecule has 0 aliphatic carbocycles. The fourth-order valence-electron chi connectivity index (χ4n) is 4.15. The van der Waals surface area contributed by atoms with E-state index in [0.29, 0.717) is 0 Å². The summed E-state index contributed by atoms with van der Waals surface area (Å²) in [4.78, 5) is 4.62. The van der Waals surface area contributed by atoms with Crippen LogP contribution in [0.1, 0.15) is 24.5 Å². The van der Waals surface area contributed by atoms with Crippen LogP contribution in [0.2, 0.25) is 0 Å². The van der Waals surface area contributed by atoms with E-state index in [4.69, 9.17) is 5.41 Å². The molecule has 3 nitrogen and oxygen atoms in total. The summed E-state index contributed by atoms with van der Waals surface area (Å²) in [5.74, 6) is 0.287. The maximum atomic E-state index is 8.53. The molecule has 0 bridgehead atoms. The fourth-order valence-corrected chi connectivity index (χ4v) is 4.15. The van der Waals surface area contributed by atoms with E-state index in [-0.39, 0.29) is 5.84 Å². The third-order valence-corrected chi connectivity index (χ3v) is 5.67. The molecular weight excluding hydrogens is 378 g/mol. The number of aliphatic imine (C=N–C) groups is 1. The van der Waals surface area contributed by atoms with E-state index in [1.807, 2.05) is 42.5 Å². The first-order chi connectivity index (χ1) is 15.3. The average Bonchev–Trinajstić information content (AvgIpc) is 3.17. The SMILES string of the molecule is CCC(=NC(=N)c1ccc(-n2c3ccccc3c3ccccc32)cc1)c1ccccc1. The minimum Gasteiger partial charge on any atom is -0.309 e. The summed E-state index contributed by atoms with van der Waals surface area (Å²) >= 11 is 0. The Bertz CT molecular complexity index is 1350. The van der Waals surface area contributed by atoms with Gasteiger partial charge in [0.05, 0.1) is 11.0 Å². The monoisotopic (exact) mass is 401 g/mol. The Morgan fingerprint density at radius 2 is 1.23 bits per heavy atom. The third-order valence-electron chi connectivity index (χ3n) is 5.67. The molecule has 0 fully saturated rings. The van der Waals surface area contributed by atoms with Gasteiger partial charge in [-0.1, -0.05) is 73.7 Å². The van der Waals surface area contributed by atoms with Crippen LogP contribution in [0, 0.1) is 5.41 Å². The molecule has 1 N–H and O–H groups in total. The van der Waals surface area contributed by atoms with Gasteiger partial charge in [-0.05, 0) is 48.4 Å². The van der Waals surface area contributed by atoms with Crippen molar-refractivity contribution >= 4 is 33.4 Å². The van der Waals surface area contributed by atoms with Crippen LogP contribution < -0.4 is 0 Å². The number of rotatable bonds is 4. The van der Waals surface area contributed by atoms with E-state index in [1.165, 1.54) is 21.8 Å². The van der Waals surface area contributed by atoms with Crippen LogP contribution in [0.3, 0.4) is 0 Å². The van der Waals surface area contributed by atoms with E-state index in [9.17, 15) is 0 Å². The molecule has 5 rings (SSSR count). The molecule has 0 unspecified atom stereocenters. The van der Waals surface area contributed by atoms with E-state index < -0.39 is 0 Å². The van der Waals surface area contributed by atoms with Crippen LogP contribution in [0.4, 0.5) is 0 Å². The zero-order valence-corrected chi connectivity index (χ0v) is 17.4. The summed E-state index contributed by atoms with van der Waals surface area (Å²) in [6.45, 7) is 2.07. The van der Waals surface area contributed by atoms with E-state index in [0.717, 1.165) is 28.9 Å². The van der Waals surface area contributed by atoms with Gasteiger partial charge in [-0.25, -0.2) is 4.99 Å². The second-order valence-electron chi connectivity index (χ2n) is 7.54. The number of nitrogens with one attached hydrogen (secondary N) is 1. The minimum atomic E-state index is 0.287. The minimum absolute atomic E-state index is 0.287. The topological polar surface area (TPSA) is 41.1 Å². The van der Waals surface area contributed by atoms with Crippen LogP contribution in [-0.4, -0.2) is 16.1 Å². The van der Waals surface area contributed by atoms with Gasteiger partial charge in [-0.15, -0.1) is 0 Å². The predicted octanol–water partition coefficient (Wildman–Crippen LogP) is 7.01. The van der Waals surface area contributed by atoms with Crippen molar-refractivity contribution in [3.8, 4) is 5.69 Å². The maximum absolute atomic E-state index is 8.53. The second-order valence-corrected chi connectivity index (χ2v) is 7.54. The van der Waals surface area contributed by atoms with Crippen LogP contribution in [0.5, 0.6) is 0 Å². The molecule has 1 aromatic heterocycles. The molecule has 0 saturated heterocycles. The van der Waals surface area contributed by atoms with Crippen LogP contribution >= 0.6 is 0 Å². The van der Waals surface area contributed by atoms with E-state index in [1.54, 1.807) is 0 Å². The third kappa shape index (κ3) is 3.44. The van der Waals surface area contributed by atoms with Crippen molar-refractivity contribution < 1.29 is 0 Å². The Kier molecular flexibility index (Phi) is 4.93. The molecule has 0 amide bonds. The maximum Gasteiger partial charge on any atom is 0.152 e. The van der Waals surface area contributed by atoms with Crippen molar-refractivity contribution in [3.63, 3.8) is 0 Å². The van der Waals surface area contributed by atoms with Crippen LogP contribution in [-0.2, 0) is 0 Å². The molecule has 1 heterocycles. The second kappa shape index (κ2) is 8.04. The Morgan fingerprint density at radius 1 is 0.677 bits per heavy atom. The largest absolute Gasteiger partial charge is 0.309 e. The number of hydrogen-bond donors (Lipinski definition) is 1. The highest BCUT2D eigenvalue weighted by atomic mass is 15.0. The smallest absolute Gasteiger partial charge is 0.152 e. The van der Waals surface area contributed by atoms with Crippen LogP contribution in [0.15, 0.2) is 108 Å². The zero-order chi connectivity index (χ0) is 21.2. The normalized spacial score (nSPS) is 11.8. The number of fused-ring (bicyclic) bond motifs is 3. The predicted molar refractivity (Wildman–Crippen MR) is 131 cm³/mol. The molecule has 0 aliphatic rings. The summed E-state index contributed by atoms with van der Waals surface area (Å²) in [6.07, 6.45) is 0.784. The van der Waals surface area contributed by atoms with E-state index >= 15 is 0 Å². The van der Waals surface area contributed by atoms with Crippen molar-refractivity contribution in [1.29, 1.82) is 5.41 Å². The van der Waals surface area contributed by atoms with Gasteiger partial charge in [-0.3, -0.25) is 5.41 Å². The first-order valence-corrected chi connectivity index (χ1v) is 10.6. The van der Waals surface area contributed by atoms with Crippen molar-refractivity contribution in [2.24, 2.45) is 4.99 Å². The molecule has 4 aromatic carbocycles. The molecule has 0 saturated carbocycles. The highest BCUT2D eigenvalue weighted by Crippen LogP contribution is 2.31. The number of aromatic nitrogens is 1. The van der Waals surface area contributed by atoms with Gasteiger partial charge < -0.3 is 4.57 Å². The quantitative estimate of drug-likeness (QED) is 0.249. The standard InChI is InChI=1S/C28H23N3/c1-2-25(20-10-4-3-5-11-20)30-28(29)21-16-18-22(19-17-21)31-26-14-8-6-12-23(26)24-13-7-9-15-27(24)31/h3-19,29H,2H2,1H3. The Balaban J connectivity index is 1.54. The van der Waals surface area contributed by atoms with Gasteiger partial charge in [-0.2, -0.15) is 0 Å². The average molecular weight is 402 g/mol. The molecule has 5 aromatic rings. The fraction of sp³-hybridized carbons (Fsp3) is 0.0714. The van der Waals surface area contributed by atoms with E-state index in [2.05, 4.69) is 77.1 Å². The summed E-state index contributed by atoms with van der Waals surface area (Å²) in [5.41, 5.74) is 6.25. The van der Waals surface area contributed by atoms with Gasteiger partial charge in [0.15, 0.2) is 5.84 Å². The molecule has 150 valence electrons. The lowest BCUT2D eigenvalue weighted by molar-refractivity contribution is 1.18. The number of amidine groups is 1. The molecule has 3 heteroatoms. The molecule has 31 heavy (non-hydrogen) atoms. The van der Waals surface area contributed by atoms with Gasteiger partial charge in [0.2, 0.25) is 0 Å². The van der Waals surface area contributed by atoms with Gasteiger partial charge in [0, 0.05) is 27.7 Å². The summed E-state index contributed by atoms with van der Waals surface area (Å²) in [6, 6.07) is 35.2. The lowest BCUT2D eigenvalue weighted by Gasteiger charge is -2.09. The number of benzene rings is 4. The lowest BCUT2D eigenvalue weighted by Crippen LogP contribution is -2.05. The Hall–Kier alpha value is -3.98. The Labute approximate surface area is 181 Å². The number of hydrogen-bond acceptors (Lipinski definition) is 1. The summed E-state index contributed by atoms with van der Waals surface area (Å²) < 4.78 is 2.28. The highest BCUT2D eigenvalue weighted by Gasteiger charge is 2.12. The van der Waals surface area contributed by atoms with Gasteiger partial charge in [0.25, 0.3) is 0 Å².